The Labute approximate surface area is 173 Å². The lowest BCUT2D eigenvalue weighted by atomic mass is 10.1. The molecule has 0 atom stereocenters. The van der Waals surface area contributed by atoms with Crippen molar-refractivity contribution in [2.24, 2.45) is 0 Å². The molecule has 2 aromatic rings. The number of ether oxygens (including phenoxy) is 1. The van der Waals surface area contributed by atoms with E-state index in [1.165, 1.54) is 18.2 Å². The average Bonchev–Trinajstić information content (AvgIpc) is 2.61. The molecule has 0 saturated heterocycles. The zero-order valence-corrected chi connectivity index (χ0v) is 17.1. The monoisotopic (exact) mass is 419 g/mol. The van der Waals surface area contributed by atoms with Gasteiger partial charge in [-0.05, 0) is 39.3 Å². The van der Waals surface area contributed by atoms with Gasteiger partial charge in [-0.1, -0.05) is 23.8 Å². The minimum atomic E-state index is -0.549. The fourth-order valence-corrected chi connectivity index (χ4v) is 2.47. The van der Waals surface area contributed by atoms with Crippen LogP contribution in [-0.2, 0) is 4.74 Å². The van der Waals surface area contributed by atoms with Crippen LogP contribution in [0.3, 0.4) is 0 Å². The third kappa shape index (κ3) is 6.72. The third-order valence-electron chi connectivity index (χ3n) is 3.57. The summed E-state index contributed by atoms with van der Waals surface area (Å²) in [7, 11) is 0. The van der Waals surface area contributed by atoms with Gasteiger partial charge in [0.25, 0.3) is 5.69 Å². The van der Waals surface area contributed by atoms with Gasteiger partial charge in [-0.2, -0.15) is 0 Å². The number of nitro benzene ring substituents is 1. The van der Waals surface area contributed by atoms with E-state index in [0.29, 0.717) is 29.8 Å². The Balaban J connectivity index is 2.05. The molecule has 10 heteroatoms. The molecule has 3 N–H and O–H groups in total. The molecule has 9 nitrogen and oxygen atoms in total. The van der Waals surface area contributed by atoms with E-state index in [1.807, 2.05) is 6.08 Å². The van der Waals surface area contributed by atoms with Gasteiger partial charge >= 0.3 is 6.09 Å². The average molecular weight is 420 g/mol. The first-order valence-corrected chi connectivity index (χ1v) is 9.15. The minimum absolute atomic E-state index is 0.106. The summed E-state index contributed by atoms with van der Waals surface area (Å²) in [6, 6.07) is 5.82. The predicted octanol–water partition coefficient (Wildman–Crippen LogP) is 4.22. The van der Waals surface area contributed by atoms with Crippen molar-refractivity contribution in [1.29, 1.82) is 0 Å². The van der Waals surface area contributed by atoms with Gasteiger partial charge < -0.3 is 15.8 Å². The van der Waals surface area contributed by atoms with E-state index in [9.17, 15) is 14.9 Å². The topological polar surface area (TPSA) is 133 Å². The fourth-order valence-electron chi connectivity index (χ4n) is 2.32. The highest BCUT2D eigenvalue weighted by Gasteiger charge is 2.15. The van der Waals surface area contributed by atoms with Crippen LogP contribution in [0.15, 0.2) is 30.3 Å². The molecule has 0 aliphatic heterocycles. The summed E-state index contributed by atoms with van der Waals surface area (Å²) in [5, 5.41) is 21.6. The highest BCUT2D eigenvalue weighted by Crippen LogP contribution is 2.29. The van der Waals surface area contributed by atoms with E-state index in [1.54, 1.807) is 32.9 Å². The smallest absolute Gasteiger partial charge is 0.407 e. The van der Waals surface area contributed by atoms with Crippen molar-refractivity contribution in [2.45, 2.75) is 32.8 Å². The number of nitrogens with zero attached hydrogens (tertiary/aromatic N) is 3. The zero-order valence-electron chi connectivity index (χ0n) is 16.3. The number of halogens is 1. The first kappa shape index (κ1) is 22.1. The molecule has 1 amide bonds. The van der Waals surface area contributed by atoms with Crippen molar-refractivity contribution in [3.8, 4) is 11.3 Å². The molecule has 1 heterocycles. The molecule has 0 spiro atoms. The molecule has 0 unspecified atom stereocenters. The molecular formula is C19H22ClN5O4. The van der Waals surface area contributed by atoms with Crippen molar-refractivity contribution < 1.29 is 14.5 Å². The molecule has 1 aromatic heterocycles. The molecule has 0 aliphatic carbocycles. The maximum Gasteiger partial charge on any atom is 0.407 e. The summed E-state index contributed by atoms with van der Waals surface area (Å²) in [6.07, 6.45) is 3.64. The Kier molecular flexibility index (Phi) is 7.11. The van der Waals surface area contributed by atoms with E-state index in [0.717, 1.165) is 0 Å². The standard InChI is InChI=1S/C19H22ClN5O4/c1-19(2,3)29-18(26)22-9-5-4-6-12-10-16(23-24-17(12)20)14-8-7-13(25(27)28)11-15(14)21/h4,6-8,10-11H,5,9,21H2,1-3H3,(H,22,26). The first-order valence-electron chi connectivity index (χ1n) is 8.78. The molecule has 0 radical (unpaired) electrons. The molecule has 2 rings (SSSR count). The van der Waals surface area contributed by atoms with Crippen LogP contribution in [0.1, 0.15) is 32.8 Å². The van der Waals surface area contributed by atoms with Crippen molar-refractivity contribution in [3.05, 3.63) is 51.2 Å². The van der Waals surface area contributed by atoms with E-state index >= 15 is 0 Å². The molecule has 154 valence electrons. The number of nitrogen functional groups attached to an aromatic ring is 1. The van der Waals surface area contributed by atoms with Crippen LogP contribution >= 0.6 is 11.6 Å². The maximum atomic E-state index is 11.6. The summed E-state index contributed by atoms with van der Waals surface area (Å²) < 4.78 is 5.15. The molecule has 0 saturated carbocycles. The summed E-state index contributed by atoms with van der Waals surface area (Å²) in [4.78, 5) is 21.9. The number of hydrogen-bond donors (Lipinski definition) is 2. The van der Waals surface area contributed by atoms with Gasteiger partial charge in [-0.15, -0.1) is 10.2 Å². The van der Waals surface area contributed by atoms with Gasteiger partial charge in [0.1, 0.15) is 5.60 Å². The van der Waals surface area contributed by atoms with Crippen LogP contribution in [0.2, 0.25) is 5.15 Å². The Morgan fingerprint density at radius 2 is 2.07 bits per heavy atom. The number of anilines is 1. The summed E-state index contributed by atoms with van der Waals surface area (Å²) in [5.74, 6) is 0. The molecule has 0 fully saturated rings. The normalized spacial score (nSPS) is 11.4. The van der Waals surface area contributed by atoms with Gasteiger partial charge in [-0.3, -0.25) is 10.1 Å². The lowest BCUT2D eigenvalue weighted by Gasteiger charge is -2.19. The van der Waals surface area contributed by atoms with Crippen LogP contribution in [0.25, 0.3) is 17.3 Å². The summed E-state index contributed by atoms with van der Waals surface area (Å²) in [5.41, 5.74) is 7.03. The number of carbonyl (C=O) groups is 1. The number of nitrogens with one attached hydrogen (secondary N) is 1. The second-order valence-electron chi connectivity index (χ2n) is 7.12. The number of nitro groups is 1. The van der Waals surface area contributed by atoms with Crippen molar-refractivity contribution in [3.63, 3.8) is 0 Å². The number of amides is 1. The van der Waals surface area contributed by atoms with Gasteiger partial charge in [0.2, 0.25) is 0 Å². The Hall–Kier alpha value is -3.20. The molecule has 29 heavy (non-hydrogen) atoms. The zero-order chi connectivity index (χ0) is 21.6. The second-order valence-corrected chi connectivity index (χ2v) is 7.48. The fraction of sp³-hybridized carbons (Fsp3) is 0.316. The Bertz CT molecular complexity index is 941. The van der Waals surface area contributed by atoms with Crippen LogP contribution in [0.5, 0.6) is 0 Å². The largest absolute Gasteiger partial charge is 0.444 e. The van der Waals surface area contributed by atoms with Crippen molar-refractivity contribution >= 4 is 35.1 Å². The van der Waals surface area contributed by atoms with Gasteiger partial charge in [-0.25, -0.2) is 4.79 Å². The molecular weight excluding hydrogens is 398 g/mol. The number of carbonyl (C=O) groups excluding carboxylic acids is 1. The highest BCUT2D eigenvalue weighted by molar-refractivity contribution is 6.30. The highest BCUT2D eigenvalue weighted by atomic mass is 35.5. The van der Waals surface area contributed by atoms with Crippen molar-refractivity contribution in [1.82, 2.24) is 15.5 Å². The molecule has 1 aromatic carbocycles. The lowest BCUT2D eigenvalue weighted by molar-refractivity contribution is -0.384. The lowest BCUT2D eigenvalue weighted by Crippen LogP contribution is -2.32. The van der Waals surface area contributed by atoms with E-state index in [4.69, 9.17) is 22.1 Å². The minimum Gasteiger partial charge on any atom is -0.444 e. The number of alkyl carbamates (subject to hydrolysis) is 1. The molecule has 0 aliphatic rings. The SMILES string of the molecule is CC(C)(C)OC(=O)NCCC=Cc1cc(-c2ccc([N+](=O)[O-])cc2N)nnc1Cl. The number of nitrogens with two attached hydrogens (primary N) is 1. The van der Waals surface area contributed by atoms with E-state index in [-0.39, 0.29) is 16.5 Å². The van der Waals surface area contributed by atoms with Crippen molar-refractivity contribution in [2.75, 3.05) is 12.3 Å². The number of benzene rings is 1. The van der Waals surface area contributed by atoms with Crippen LogP contribution in [0.4, 0.5) is 16.2 Å². The first-order chi connectivity index (χ1) is 13.6. The summed E-state index contributed by atoms with van der Waals surface area (Å²) >= 11 is 6.09. The predicted molar refractivity (Wildman–Crippen MR) is 111 cm³/mol. The maximum absolute atomic E-state index is 11.6. The van der Waals surface area contributed by atoms with Gasteiger partial charge in [0.15, 0.2) is 5.15 Å². The van der Waals surface area contributed by atoms with E-state index in [2.05, 4.69) is 15.5 Å². The quantitative estimate of drug-likeness (QED) is 0.310. The van der Waals surface area contributed by atoms with Crippen LogP contribution in [0, 0.1) is 10.1 Å². The number of aromatic nitrogens is 2. The summed E-state index contributed by atoms with van der Waals surface area (Å²) in [6.45, 7) is 5.77. The number of rotatable bonds is 6. The Morgan fingerprint density at radius 1 is 1.34 bits per heavy atom. The van der Waals surface area contributed by atoms with Gasteiger partial charge in [0.05, 0.1) is 10.6 Å². The van der Waals surface area contributed by atoms with Crippen LogP contribution in [-0.4, -0.2) is 33.4 Å². The number of non-ortho nitro benzene ring substituents is 1. The van der Waals surface area contributed by atoms with Gasteiger partial charge in [0, 0.05) is 35.5 Å². The van der Waals surface area contributed by atoms with E-state index < -0.39 is 16.6 Å². The second kappa shape index (κ2) is 9.33. The third-order valence-corrected chi connectivity index (χ3v) is 3.87. The van der Waals surface area contributed by atoms with Crippen LogP contribution < -0.4 is 11.1 Å². The molecule has 0 bridgehead atoms. The Morgan fingerprint density at radius 3 is 2.69 bits per heavy atom. The number of hydrogen-bond acceptors (Lipinski definition) is 7.